The van der Waals surface area contributed by atoms with Crippen LogP contribution in [0.3, 0.4) is 0 Å². The zero-order chi connectivity index (χ0) is 47.6. The monoisotopic (exact) mass is 920 g/mol. The Balaban J connectivity index is 1.07. The van der Waals surface area contributed by atoms with Gasteiger partial charge in [-0.3, -0.25) is 9.36 Å². The van der Waals surface area contributed by atoms with Gasteiger partial charge in [0.15, 0.2) is 6.23 Å². The van der Waals surface area contributed by atoms with Crippen LogP contribution in [-0.4, -0.2) is 55.7 Å². The molecule has 10 rings (SSSR count). The van der Waals surface area contributed by atoms with Crippen LogP contribution >= 0.6 is 0 Å². The summed E-state index contributed by atoms with van der Waals surface area (Å²) in [4.78, 5) is 32.3. The van der Waals surface area contributed by atoms with Gasteiger partial charge in [0.1, 0.15) is 29.0 Å². The second-order valence-corrected chi connectivity index (χ2v) is 17.5. The topological polar surface area (TPSA) is 117 Å². The summed E-state index contributed by atoms with van der Waals surface area (Å²) in [5.41, 5.74) is 3.42. The highest BCUT2D eigenvalue weighted by atomic mass is 16.6. The molecule has 1 saturated heterocycles. The first kappa shape index (κ1) is 45.2. The van der Waals surface area contributed by atoms with Crippen LogP contribution in [0.2, 0.25) is 0 Å². The molecule has 0 radical (unpaired) electrons. The lowest BCUT2D eigenvalue weighted by molar-refractivity contribution is -0.144. The number of para-hydroxylation sites is 1. The van der Waals surface area contributed by atoms with E-state index in [0.29, 0.717) is 17.2 Å². The van der Waals surface area contributed by atoms with Gasteiger partial charge in [0.25, 0.3) is 0 Å². The first-order valence-corrected chi connectivity index (χ1v) is 23.0. The molecule has 0 saturated carbocycles. The lowest BCUT2D eigenvalue weighted by Crippen LogP contribution is -2.39. The molecule has 1 aliphatic rings. The van der Waals surface area contributed by atoms with Gasteiger partial charge >= 0.3 is 11.7 Å². The minimum absolute atomic E-state index is 0.0420. The molecule has 1 fully saturated rings. The van der Waals surface area contributed by atoms with Crippen molar-refractivity contribution in [3.8, 4) is 23.1 Å². The largest absolute Gasteiger partial charge is 0.497 e. The average Bonchev–Trinajstić information content (AvgIpc) is 3.72. The molecule has 2 heterocycles. The maximum absolute atomic E-state index is 14.3. The minimum Gasteiger partial charge on any atom is -0.497 e. The highest BCUT2D eigenvalue weighted by Crippen LogP contribution is 2.45. The summed E-state index contributed by atoms with van der Waals surface area (Å²) < 4.78 is 45.6. The van der Waals surface area contributed by atoms with Crippen LogP contribution in [0.4, 0.5) is 0 Å². The van der Waals surface area contributed by atoms with Crippen LogP contribution in [0.15, 0.2) is 169 Å². The van der Waals surface area contributed by atoms with Gasteiger partial charge in [-0.15, -0.1) is 0 Å². The van der Waals surface area contributed by atoms with Crippen molar-refractivity contribution >= 4 is 38.3 Å². The molecule has 1 aliphatic heterocycles. The quantitative estimate of drug-likeness (QED) is 0.0527. The fourth-order valence-corrected chi connectivity index (χ4v) is 10.00. The lowest BCUT2D eigenvalue weighted by atomic mass is 9.80. The second-order valence-electron chi connectivity index (χ2n) is 17.5. The van der Waals surface area contributed by atoms with Crippen molar-refractivity contribution in [1.29, 1.82) is 0 Å². The number of carbonyl (C=O) groups is 1. The molecule has 69 heavy (non-hydrogen) atoms. The third-order valence-electron chi connectivity index (χ3n) is 13.5. The van der Waals surface area contributed by atoms with E-state index in [4.69, 9.17) is 33.2 Å². The molecular weight excluding hydrogens is 869 g/mol. The van der Waals surface area contributed by atoms with E-state index in [1.165, 1.54) is 17.1 Å². The standard InChI is InChI=1S/C58H52N2O9/c1-36-11-9-12-37(2)54(36)69-50-31-32-60(57(62)59-50)56-55(66-34-41-20-19-40-18-17-38-13-10-14-39-21-30-47(41)53(40)52(38)39)48(33-51(61)65-5)49(68-56)35-67-58(42-15-7-6-8-16-42,43-22-26-45(63-3)27-23-43)44-24-28-46(64-4)29-25-44/h6-32,48-49,55-56H,33-35H2,1-5H3/t48-,49-,55-,56-/m1/s1. The first-order valence-electron chi connectivity index (χ1n) is 23.0. The van der Waals surface area contributed by atoms with Crippen LogP contribution in [0.25, 0.3) is 32.3 Å². The first-order chi connectivity index (χ1) is 33.7. The van der Waals surface area contributed by atoms with Gasteiger partial charge in [-0.1, -0.05) is 127 Å². The number of carbonyl (C=O) groups excluding carboxylic acids is 1. The molecule has 11 heteroatoms. The number of hydrogen-bond donors (Lipinski definition) is 0. The minimum atomic E-state index is -1.21. The van der Waals surface area contributed by atoms with E-state index in [1.807, 2.05) is 111 Å². The number of methoxy groups -OCH3 is 3. The Morgan fingerprint density at radius 1 is 0.667 bits per heavy atom. The molecule has 0 spiro atoms. The van der Waals surface area contributed by atoms with Crippen molar-refractivity contribution in [1.82, 2.24) is 9.55 Å². The Morgan fingerprint density at radius 3 is 1.88 bits per heavy atom. The fraction of sp³-hybridized carbons (Fsp3) is 0.224. The van der Waals surface area contributed by atoms with Crippen molar-refractivity contribution in [3.05, 3.63) is 208 Å². The Morgan fingerprint density at radius 2 is 1.26 bits per heavy atom. The molecule has 1 aromatic heterocycles. The lowest BCUT2D eigenvalue weighted by Gasteiger charge is -2.37. The van der Waals surface area contributed by atoms with E-state index in [1.54, 1.807) is 26.5 Å². The Bertz CT molecular complexity index is 3230. The van der Waals surface area contributed by atoms with E-state index in [9.17, 15) is 9.59 Å². The van der Waals surface area contributed by atoms with Crippen molar-refractivity contribution in [2.24, 2.45) is 5.92 Å². The van der Waals surface area contributed by atoms with E-state index < -0.39 is 41.6 Å². The third kappa shape index (κ3) is 8.54. The maximum Gasteiger partial charge on any atom is 0.353 e. The van der Waals surface area contributed by atoms with Crippen LogP contribution in [0.1, 0.15) is 46.0 Å². The second kappa shape index (κ2) is 19.2. The summed E-state index contributed by atoms with van der Waals surface area (Å²) in [5.74, 6) is 0.998. The molecule has 0 amide bonds. The van der Waals surface area contributed by atoms with Crippen molar-refractivity contribution < 1.29 is 38.0 Å². The normalized spacial score (nSPS) is 17.1. The van der Waals surface area contributed by atoms with Gasteiger partial charge in [0.2, 0.25) is 5.88 Å². The zero-order valence-electron chi connectivity index (χ0n) is 39.1. The number of ether oxygens (including phenoxy) is 7. The molecule has 0 aliphatic carbocycles. The number of rotatable bonds is 16. The highest BCUT2D eigenvalue weighted by molar-refractivity contribution is 6.23. The van der Waals surface area contributed by atoms with Crippen LogP contribution in [0.5, 0.6) is 23.1 Å². The van der Waals surface area contributed by atoms with E-state index >= 15 is 0 Å². The van der Waals surface area contributed by atoms with Crippen LogP contribution in [-0.2, 0) is 35.9 Å². The molecule has 348 valence electrons. The van der Waals surface area contributed by atoms with Gasteiger partial charge < -0.3 is 33.2 Å². The maximum atomic E-state index is 14.3. The molecule has 4 atom stereocenters. The Labute approximate surface area is 400 Å². The van der Waals surface area contributed by atoms with Gasteiger partial charge in [0, 0.05) is 18.2 Å². The van der Waals surface area contributed by atoms with Gasteiger partial charge in [-0.25, -0.2) is 4.79 Å². The molecule has 0 bridgehead atoms. The molecule has 8 aromatic carbocycles. The number of esters is 1. The predicted octanol–water partition coefficient (Wildman–Crippen LogP) is 11.2. The van der Waals surface area contributed by atoms with E-state index in [2.05, 4.69) is 59.6 Å². The predicted molar refractivity (Wildman–Crippen MR) is 266 cm³/mol. The Kier molecular flexibility index (Phi) is 12.6. The number of aromatic nitrogens is 2. The summed E-state index contributed by atoms with van der Waals surface area (Å²) in [6.45, 7) is 3.99. The third-order valence-corrected chi connectivity index (χ3v) is 13.5. The number of benzene rings is 8. The molecule has 11 nitrogen and oxygen atoms in total. The number of nitrogens with zero attached hydrogens (tertiary/aromatic N) is 2. The average molecular weight is 921 g/mol. The smallest absolute Gasteiger partial charge is 0.353 e. The number of aryl methyl sites for hydroxylation is 2. The van der Waals surface area contributed by atoms with Crippen LogP contribution in [0, 0.1) is 19.8 Å². The van der Waals surface area contributed by atoms with Gasteiger partial charge in [0.05, 0.1) is 47.1 Å². The van der Waals surface area contributed by atoms with E-state index in [-0.39, 0.29) is 25.5 Å². The van der Waals surface area contributed by atoms with Crippen molar-refractivity contribution in [2.75, 3.05) is 27.9 Å². The fourth-order valence-electron chi connectivity index (χ4n) is 10.00. The molecule has 0 N–H and O–H groups in total. The van der Waals surface area contributed by atoms with Crippen molar-refractivity contribution in [2.45, 2.75) is 50.9 Å². The Hall–Kier alpha value is -7.57. The highest BCUT2D eigenvalue weighted by Gasteiger charge is 2.49. The molecule has 9 aromatic rings. The summed E-state index contributed by atoms with van der Waals surface area (Å²) >= 11 is 0. The summed E-state index contributed by atoms with van der Waals surface area (Å²) in [6, 6.07) is 52.1. The van der Waals surface area contributed by atoms with Gasteiger partial charge in [-0.05, 0) is 104 Å². The van der Waals surface area contributed by atoms with Crippen molar-refractivity contribution in [3.63, 3.8) is 0 Å². The zero-order valence-corrected chi connectivity index (χ0v) is 39.1. The number of hydrogen-bond acceptors (Lipinski definition) is 10. The molecule has 0 unspecified atom stereocenters. The molecular formula is C58H52N2O9. The van der Waals surface area contributed by atoms with E-state index in [0.717, 1.165) is 60.3 Å². The SMILES string of the molecule is COC(=O)C[C@H]1[C@@H](OCc2ccc3ccc4cccc5ccc2c3c45)[C@H](n2ccc(Oc3c(C)cccc3C)nc2=O)O[C@@H]1COC(c1ccccc1)(c1ccc(OC)cc1)c1ccc(OC)cc1. The summed E-state index contributed by atoms with van der Waals surface area (Å²) in [7, 11) is 4.62. The summed E-state index contributed by atoms with van der Waals surface area (Å²) in [6.07, 6.45) is -1.21. The summed E-state index contributed by atoms with van der Waals surface area (Å²) in [5, 5.41) is 6.82. The van der Waals surface area contributed by atoms with Gasteiger partial charge in [-0.2, -0.15) is 4.98 Å². The van der Waals surface area contributed by atoms with Crippen LogP contribution < -0.4 is 19.9 Å².